The molecule has 2 aromatic rings. The van der Waals surface area contributed by atoms with Crippen LogP contribution >= 0.6 is 11.6 Å². The Balaban J connectivity index is 0.000000983. The second kappa shape index (κ2) is 14.3. The Labute approximate surface area is 239 Å². The standard InChI is InChI=1S/C29H37ClN2O3.C3H9N/c1-21(2)29(35,25-6-4-3-5-7-25)28(34)32-16-12-23(13-17-32)18-22-10-14-31(15-11-22)26-9-8-24(20-33)27(30)19-26;1-4(2)3/h3-9,19-23,35H,10-18H2,1-2H3;1-3H3. The SMILES string of the molecule is CC(C)C(O)(C(=O)N1CCC(CC2CCN(c3ccc(C=O)c(Cl)c3)CC2)CC1)c1ccccc1.CN(C)C. The summed E-state index contributed by atoms with van der Waals surface area (Å²) in [5, 5.41) is 12.0. The monoisotopic (exact) mass is 555 g/mol. The average Bonchev–Trinajstić information content (AvgIpc) is 2.93. The Morgan fingerprint density at radius 1 is 1.00 bits per heavy atom. The van der Waals surface area contributed by atoms with Gasteiger partial charge in [-0.25, -0.2) is 0 Å². The van der Waals surface area contributed by atoms with Gasteiger partial charge in [0.05, 0.1) is 5.02 Å². The topological polar surface area (TPSA) is 64.1 Å². The number of nitrogens with zero attached hydrogens (tertiary/aromatic N) is 3. The molecule has 2 aliphatic rings. The summed E-state index contributed by atoms with van der Waals surface area (Å²) in [5.41, 5.74) is 0.817. The van der Waals surface area contributed by atoms with Crippen LogP contribution in [0, 0.1) is 17.8 Å². The van der Waals surface area contributed by atoms with Gasteiger partial charge in [-0.05, 0) is 94.8 Å². The van der Waals surface area contributed by atoms with E-state index in [-0.39, 0.29) is 11.8 Å². The first kappa shape index (κ1) is 31.1. The normalized spacial score (nSPS) is 18.5. The summed E-state index contributed by atoms with van der Waals surface area (Å²) in [5.74, 6) is 0.954. The number of halogens is 1. The second-order valence-corrected chi connectivity index (χ2v) is 12.3. The van der Waals surface area contributed by atoms with E-state index >= 15 is 0 Å². The molecule has 1 N–H and O–H groups in total. The molecular formula is C32H46ClN3O3. The summed E-state index contributed by atoms with van der Waals surface area (Å²) in [6.45, 7) is 7.25. The van der Waals surface area contributed by atoms with Crippen molar-refractivity contribution in [2.45, 2.75) is 51.6 Å². The van der Waals surface area contributed by atoms with E-state index in [0.717, 1.165) is 50.7 Å². The highest BCUT2D eigenvalue weighted by atomic mass is 35.5. The summed E-state index contributed by atoms with van der Waals surface area (Å²) in [7, 11) is 6.00. The summed E-state index contributed by atoms with van der Waals surface area (Å²) in [6.07, 6.45) is 6.28. The van der Waals surface area contributed by atoms with E-state index in [4.69, 9.17) is 11.6 Å². The van der Waals surface area contributed by atoms with E-state index < -0.39 is 5.60 Å². The molecule has 1 atom stereocenters. The molecule has 0 radical (unpaired) electrons. The van der Waals surface area contributed by atoms with Crippen molar-refractivity contribution < 1.29 is 14.7 Å². The Kier molecular flexibility index (Phi) is 11.4. The predicted octanol–water partition coefficient (Wildman–Crippen LogP) is 5.72. The van der Waals surface area contributed by atoms with Crippen LogP contribution in [0.1, 0.15) is 61.9 Å². The van der Waals surface area contributed by atoms with Crippen molar-refractivity contribution in [3.05, 3.63) is 64.7 Å². The number of piperidine rings is 2. The first-order valence-electron chi connectivity index (χ1n) is 14.2. The Hall–Kier alpha value is -2.41. The lowest BCUT2D eigenvalue weighted by molar-refractivity contribution is -0.159. The molecule has 0 bridgehead atoms. The fourth-order valence-corrected chi connectivity index (χ4v) is 5.93. The quantitative estimate of drug-likeness (QED) is 0.443. The van der Waals surface area contributed by atoms with Crippen molar-refractivity contribution in [1.29, 1.82) is 0 Å². The third-order valence-corrected chi connectivity index (χ3v) is 8.36. The van der Waals surface area contributed by atoms with Crippen molar-refractivity contribution >= 4 is 29.5 Å². The van der Waals surface area contributed by atoms with Gasteiger partial charge in [0, 0.05) is 37.4 Å². The number of carbonyl (C=O) groups is 2. The Bertz CT molecular complexity index is 1060. The van der Waals surface area contributed by atoms with Crippen LogP contribution in [-0.4, -0.2) is 74.4 Å². The lowest BCUT2D eigenvalue weighted by Crippen LogP contribution is -2.52. The third kappa shape index (κ3) is 8.06. The summed E-state index contributed by atoms with van der Waals surface area (Å²) < 4.78 is 0. The molecule has 1 unspecified atom stereocenters. The van der Waals surface area contributed by atoms with Crippen LogP contribution in [0.2, 0.25) is 5.02 Å². The van der Waals surface area contributed by atoms with Gasteiger partial charge < -0.3 is 19.8 Å². The first-order chi connectivity index (χ1) is 18.6. The van der Waals surface area contributed by atoms with Crippen LogP contribution in [0.25, 0.3) is 0 Å². The molecule has 214 valence electrons. The molecule has 0 aromatic heterocycles. The Morgan fingerprint density at radius 3 is 2.03 bits per heavy atom. The summed E-state index contributed by atoms with van der Waals surface area (Å²) in [6, 6.07) is 15.0. The molecule has 2 aromatic carbocycles. The number of carbonyl (C=O) groups excluding carboxylic acids is 2. The molecule has 1 amide bonds. The van der Waals surface area contributed by atoms with Gasteiger partial charge in [0.25, 0.3) is 5.91 Å². The minimum absolute atomic E-state index is 0.162. The van der Waals surface area contributed by atoms with E-state index in [0.29, 0.717) is 41.1 Å². The zero-order valence-corrected chi connectivity index (χ0v) is 25.0. The second-order valence-electron chi connectivity index (χ2n) is 11.9. The van der Waals surface area contributed by atoms with Crippen molar-refractivity contribution in [2.75, 3.05) is 52.2 Å². The first-order valence-corrected chi connectivity index (χ1v) is 14.6. The van der Waals surface area contributed by atoms with Gasteiger partial charge >= 0.3 is 0 Å². The molecule has 39 heavy (non-hydrogen) atoms. The number of hydrogen-bond acceptors (Lipinski definition) is 5. The van der Waals surface area contributed by atoms with Gasteiger partial charge in [0.1, 0.15) is 0 Å². The molecule has 2 aliphatic heterocycles. The van der Waals surface area contributed by atoms with E-state index in [9.17, 15) is 14.7 Å². The van der Waals surface area contributed by atoms with Gasteiger partial charge in [0.15, 0.2) is 11.9 Å². The van der Waals surface area contributed by atoms with Crippen LogP contribution in [-0.2, 0) is 10.4 Å². The van der Waals surface area contributed by atoms with E-state index in [1.807, 2.05) is 87.3 Å². The number of aldehydes is 1. The number of amides is 1. The third-order valence-electron chi connectivity index (χ3n) is 8.03. The maximum atomic E-state index is 13.4. The van der Waals surface area contributed by atoms with Crippen LogP contribution in [0.15, 0.2) is 48.5 Å². The molecule has 0 spiro atoms. The molecule has 0 saturated carbocycles. The maximum absolute atomic E-state index is 13.4. The lowest BCUT2D eigenvalue weighted by Gasteiger charge is -2.41. The highest BCUT2D eigenvalue weighted by Crippen LogP contribution is 2.36. The van der Waals surface area contributed by atoms with E-state index in [1.54, 1.807) is 6.07 Å². The molecule has 6 nitrogen and oxygen atoms in total. The molecule has 2 fully saturated rings. The summed E-state index contributed by atoms with van der Waals surface area (Å²) >= 11 is 6.22. The zero-order valence-electron chi connectivity index (χ0n) is 24.3. The van der Waals surface area contributed by atoms with Crippen LogP contribution < -0.4 is 4.90 Å². The minimum Gasteiger partial charge on any atom is -0.375 e. The zero-order chi connectivity index (χ0) is 28.6. The van der Waals surface area contributed by atoms with Crippen LogP contribution in [0.3, 0.4) is 0 Å². The lowest BCUT2D eigenvalue weighted by atomic mass is 9.80. The molecule has 7 heteroatoms. The number of rotatable bonds is 7. The minimum atomic E-state index is -1.48. The average molecular weight is 556 g/mol. The van der Waals surface area contributed by atoms with E-state index in [2.05, 4.69) is 4.90 Å². The molecule has 2 heterocycles. The Morgan fingerprint density at radius 2 is 1.54 bits per heavy atom. The van der Waals surface area contributed by atoms with Gasteiger partial charge in [-0.1, -0.05) is 55.8 Å². The van der Waals surface area contributed by atoms with Crippen LogP contribution in [0.4, 0.5) is 5.69 Å². The molecular weight excluding hydrogens is 510 g/mol. The molecule has 4 rings (SSSR count). The van der Waals surface area contributed by atoms with Gasteiger partial charge in [-0.2, -0.15) is 0 Å². The maximum Gasteiger partial charge on any atom is 0.259 e. The smallest absolute Gasteiger partial charge is 0.259 e. The van der Waals surface area contributed by atoms with Gasteiger partial charge in [-0.15, -0.1) is 0 Å². The highest BCUT2D eigenvalue weighted by Gasteiger charge is 2.44. The fraction of sp³-hybridized carbons (Fsp3) is 0.562. The van der Waals surface area contributed by atoms with Crippen molar-refractivity contribution in [3.63, 3.8) is 0 Å². The van der Waals surface area contributed by atoms with Gasteiger partial charge in [-0.3, -0.25) is 9.59 Å². The van der Waals surface area contributed by atoms with Gasteiger partial charge in [0.2, 0.25) is 0 Å². The highest BCUT2D eigenvalue weighted by molar-refractivity contribution is 6.33. The summed E-state index contributed by atoms with van der Waals surface area (Å²) in [4.78, 5) is 30.7. The van der Waals surface area contributed by atoms with Crippen molar-refractivity contribution in [3.8, 4) is 0 Å². The fourth-order valence-electron chi connectivity index (χ4n) is 5.72. The largest absolute Gasteiger partial charge is 0.375 e. The van der Waals surface area contributed by atoms with Crippen molar-refractivity contribution in [2.24, 2.45) is 17.8 Å². The van der Waals surface area contributed by atoms with Crippen LogP contribution in [0.5, 0.6) is 0 Å². The predicted molar refractivity (Wildman–Crippen MR) is 160 cm³/mol. The molecule has 2 saturated heterocycles. The number of benzene rings is 2. The number of aliphatic hydroxyl groups is 1. The van der Waals surface area contributed by atoms with E-state index in [1.165, 1.54) is 6.42 Å². The van der Waals surface area contributed by atoms with Crippen molar-refractivity contribution in [1.82, 2.24) is 9.80 Å². The number of hydrogen-bond donors (Lipinski definition) is 1. The number of likely N-dealkylation sites (tertiary alicyclic amines) is 1. The molecule has 0 aliphatic carbocycles. The number of anilines is 1.